The molecule has 0 saturated heterocycles. The van der Waals surface area contributed by atoms with Crippen LogP contribution in [0.4, 0.5) is 0 Å². The summed E-state index contributed by atoms with van der Waals surface area (Å²) in [5, 5.41) is 1.18. The van der Waals surface area contributed by atoms with Crippen LogP contribution in [0.2, 0.25) is 10.0 Å². The maximum atomic E-state index is 11.8. The Kier molecular flexibility index (Phi) is 5.11. The van der Waals surface area contributed by atoms with Crippen molar-refractivity contribution in [3.8, 4) is 11.5 Å². The fourth-order valence-electron chi connectivity index (χ4n) is 2.88. The highest BCUT2D eigenvalue weighted by atomic mass is 35.5. The van der Waals surface area contributed by atoms with Crippen LogP contribution in [0.1, 0.15) is 28.8 Å². The Bertz CT molecular complexity index is 1150. The molecule has 0 unspecified atom stereocenters. The quantitative estimate of drug-likeness (QED) is 0.365. The molecule has 2 aromatic carbocycles. The molecule has 0 radical (unpaired) electrons. The predicted octanol–water partition coefficient (Wildman–Crippen LogP) is 6.16. The summed E-state index contributed by atoms with van der Waals surface area (Å²) in [6.45, 7) is 2.03. The number of benzene rings is 2. The molecule has 5 nitrogen and oxygen atoms in total. The molecule has 142 valence electrons. The van der Waals surface area contributed by atoms with Gasteiger partial charge in [-0.15, -0.1) is 0 Å². The Labute approximate surface area is 170 Å². The molecule has 4 aromatic rings. The van der Waals surface area contributed by atoms with Gasteiger partial charge in [-0.3, -0.25) is 0 Å². The van der Waals surface area contributed by atoms with Gasteiger partial charge in [0, 0.05) is 27.6 Å². The number of ether oxygens (including phenoxy) is 1. The fourth-order valence-corrected chi connectivity index (χ4v) is 3.24. The fraction of sp³-hybridized carbons (Fsp3) is 0.143. The Balaban J connectivity index is 1.69. The Morgan fingerprint density at radius 2 is 1.82 bits per heavy atom. The molecule has 0 saturated carbocycles. The topological polar surface area (TPSA) is 65.5 Å². The molecule has 0 amide bonds. The summed E-state index contributed by atoms with van der Waals surface area (Å²) >= 11 is 12.2. The van der Waals surface area contributed by atoms with Gasteiger partial charge in [-0.2, -0.15) is 0 Å². The van der Waals surface area contributed by atoms with E-state index in [1.807, 2.05) is 12.1 Å². The molecule has 0 aliphatic heterocycles. The monoisotopic (exact) mass is 415 g/mol. The molecule has 0 spiro atoms. The van der Waals surface area contributed by atoms with E-state index in [1.165, 1.54) is 0 Å². The van der Waals surface area contributed by atoms with Crippen LogP contribution in [-0.2, 0) is 11.2 Å². The molecule has 28 heavy (non-hydrogen) atoms. The number of esters is 1. The third kappa shape index (κ3) is 3.77. The minimum absolute atomic E-state index is 0.162. The van der Waals surface area contributed by atoms with Crippen molar-refractivity contribution >= 4 is 40.3 Å². The number of hydrogen-bond acceptors (Lipinski definition) is 5. The lowest BCUT2D eigenvalue weighted by Gasteiger charge is -2.01. The second-order valence-corrected chi connectivity index (χ2v) is 6.98. The highest BCUT2D eigenvalue weighted by Gasteiger charge is 2.17. The third-order valence-corrected chi connectivity index (χ3v) is 4.60. The van der Waals surface area contributed by atoms with Crippen LogP contribution >= 0.6 is 23.2 Å². The standard InChI is InChI=1S/C21H15Cl2NO4/c1-2-26-21(25)18-8-7-16(27-18)10-13-9-15(23)11-17-19(13)28-20(24-17)12-3-5-14(22)6-4-12/h3-9,11H,2,10H2,1H3. The molecule has 0 atom stereocenters. The van der Waals surface area contributed by atoms with E-state index < -0.39 is 5.97 Å². The molecule has 0 fully saturated rings. The number of fused-ring (bicyclic) bond motifs is 1. The van der Waals surface area contributed by atoms with Crippen LogP contribution in [0, 0.1) is 0 Å². The largest absolute Gasteiger partial charge is 0.460 e. The van der Waals surface area contributed by atoms with Crippen molar-refractivity contribution < 1.29 is 18.4 Å². The molecule has 0 bridgehead atoms. The number of halogens is 2. The van der Waals surface area contributed by atoms with Crippen molar-refractivity contribution in [1.29, 1.82) is 0 Å². The van der Waals surface area contributed by atoms with Gasteiger partial charge in [-0.05, 0) is 55.5 Å². The average Bonchev–Trinajstić information content (AvgIpc) is 3.29. The summed E-state index contributed by atoms with van der Waals surface area (Å²) in [7, 11) is 0. The van der Waals surface area contributed by atoms with Gasteiger partial charge in [0.1, 0.15) is 11.3 Å². The lowest BCUT2D eigenvalue weighted by Crippen LogP contribution is -2.02. The molecule has 2 heterocycles. The van der Waals surface area contributed by atoms with Gasteiger partial charge < -0.3 is 13.6 Å². The maximum Gasteiger partial charge on any atom is 0.374 e. The van der Waals surface area contributed by atoms with Gasteiger partial charge in [0.15, 0.2) is 5.58 Å². The van der Waals surface area contributed by atoms with Crippen molar-refractivity contribution in [2.75, 3.05) is 6.61 Å². The number of furan rings is 1. The van der Waals surface area contributed by atoms with Crippen LogP contribution in [0.15, 0.2) is 57.4 Å². The van der Waals surface area contributed by atoms with Crippen molar-refractivity contribution in [2.24, 2.45) is 0 Å². The zero-order chi connectivity index (χ0) is 19.7. The molecule has 7 heteroatoms. The van der Waals surface area contributed by atoms with E-state index in [1.54, 1.807) is 43.3 Å². The number of aromatic nitrogens is 1. The molecule has 0 N–H and O–H groups in total. The number of oxazole rings is 1. The zero-order valence-electron chi connectivity index (χ0n) is 14.9. The Morgan fingerprint density at radius 1 is 1.04 bits per heavy atom. The first-order chi connectivity index (χ1) is 13.5. The Hall–Kier alpha value is -2.76. The number of carbonyl (C=O) groups is 1. The van der Waals surface area contributed by atoms with Gasteiger partial charge in [0.05, 0.1) is 6.61 Å². The number of carbonyl (C=O) groups excluding carboxylic acids is 1. The SMILES string of the molecule is CCOC(=O)c1ccc(Cc2cc(Cl)cc3nc(-c4ccc(Cl)cc4)oc23)o1. The van der Waals surface area contributed by atoms with E-state index in [4.69, 9.17) is 36.8 Å². The smallest absolute Gasteiger partial charge is 0.374 e. The molecule has 0 aliphatic carbocycles. The van der Waals surface area contributed by atoms with Crippen molar-refractivity contribution in [3.63, 3.8) is 0 Å². The first-order valence-corrected chi connectivity index (χ1v) is 9.40. The lowest BCUT2D eigenvalue weighted by molar-refractivity contribution is 0.0488. The summed E-state index contributed by atoms with van der Waals surface area (Å²) < 4.78 is 16.5. The summed E-state index contributed by atoms with van der Waals surface area (Å²) in [6, 6.07) is 14.1. The van der Waals surface area contributed by atoms with E-state index >= 15 is 0 Å². The van der Waals surface area contributed by atoms with E-state index in [0.717, 1.165) is 11.1 Å². The number of nitrogens with zero attached hydrogens (tertiary/aromatic N) is 1. The van der Waals surface area contributed by atoms with E-state index in [9.17, 15) is 4.79 Å². The van der Waals surface area contributed by atoms with E-state index in [2.05, 4.69) is 4.98 Å². The Morgan fingerprint density at radius 3 is 2.57 bits per heavy atom. The van der Waals surface area contributed by atoms with Gasteiger partial charge in [0.2, 0.25) is 11.7 Å². The summed E-state index contributed by atoms with van der Waals surface area (Å²) in [4.78, 5) is 16.3. The van der Waals surface area contributed by atoms with Crippen LogP contribution in [0.3, 0.4) is 0 Å². The van der Waals surface area contributed by atoms with Gasteiger partial charge in [-0.1, -0.05) is 23.2 Å². The molecular formula is C21H15Cl2NO4. The average molecular weight is 416 g/mol. The molecular weight excluding hydrogens is 401 g/mol. The zero-order valence-corrected chi connectivity index (χ0v) is 16.4. The predicted molar refractivity (Wildman–Crippen MR) is 107 cm³/mol. The second-order valence-electron chi connectivity index (χ2n) is 6.10. The summed E-state index contributed by atoms with van der Waals surface area (Å²) in [5.74, 6) is 0.738. The maximum absolute atomic E-state index is 11.8. The minimum atomic E-state index is -0.491. The van der Waals surface area contributed by atoms with Gasteiger partial charge >= 0.3 is 5.97 Å². The second kappa shape index (κ2) is 7.70. The van der Waals surface area contributed by atoms with Crippen molar-refractivity contribution in [2.45, 2.75) is 13.3 Å². The normalized spacial score (nSPS) is 11.1. The number of rotatable bonds is 5. The number of hydrogen-bond donors (Lipinski definition) is 0. The van der Waals surface area contributed by atoms with Crippen LogP contribution in [0.5, 0.6) is 0 Å². The highest BCUT2D eigenvalue weighted by molar-refractivity contribution is 6.31. The van der Waals surface area contributed by atoms with Crippen molar-refractivity contribution in [3.05, 3.63) is 75.7 Å². The third-order valence-electron chi connectivity index (χ3n) is 4.13. The first kappa shape index (κ1) is 18.6. The van der Waals surface area contributed by atoms with Crippen molar-refractivity contribution in [1.82, 2.24) is 4.98 Å². The van der Waals surface area contributed by atoms with Gasteiger partial charge in [-0.25, -0.2) is 9.78 Å². The minimum Gasteiger partial charge on any atom is -0.460 e. The van der Waals surface area contributed by atoms with Crippen LogP contribution in [-0.4, -0.2) is 17.6 Å². The molecule has 4 rings (SSSR count). The van der Waals surface area contributed by atoms with Crippen LogP contribution < -0.4 is 0 Å². The molecule has 2 aromatic heterocycles. The molecule has 0 aliphatic rings. The van der Waals surface area contributed by atoms with E-state index in [0.29, 0.717) is 39.2 Å². The lowest BCUT2D eigenvalue weighted by atomic mass is 10.1. The highest BCUT2D eigenvalue weighted by Crippen LogP contribution is 2.31. The summed E-state index contributed by atoms with van der Waals surface area (Å²) in [6.07, 6.45) is 0.395. The first-order valence-electron chi connectivity index (χ1n) is 8.64. The van der Waals surface area contributed by atoms with E-state index in [-0.39, 0.29) is 12.4 Å². The van der Waals surface area contributed by atoms with Crippen LogP contribution in [0.25, 0.3) is 22.6 Å². The summed E-state index contributed by atoms with van der Waals surface area (Å²) in [5.41, 5.74) is 2.87. The van der Waals surface area contributed by atoms with Gasteiger partial charge in [0.25, 0.3) is 0 Å².